The Morgan fingerprint density at radius 1 is 1.05 bits per heavy atom. The fourth-order valence-corrected chi connectivity index (χ4v) is 2.70. The van der Waals surface area contributed by atoms with Crippen molar-refractivity contribution in [2.75, 3.05) is 6.54 Å². The number of unbranched alkanes of at least 4 members (excludes halogenated alkanes) is 5. The summed E-state index contributed by atoms with van der Waals surface area (Å²) in [7, 11) is 0. The third-order valence-electron chi connectivity index (χ3n) is 3.90. The highest BCUT2D eigenvalue weighted by Gasteiger charge is 2.07. The molecule has 1 aromatic heterocycles. The van der Waals surface area contributed by atoms with Gasteiger partial charge >= 0.3 is 0 Å². The van der Waals surface area contributed by atoms with Crippen LogP contribution < -0.4 is 5.32 Å². The standard InChI is InChI=1S/C18H32N2/c1-3-5-6-7-8-9-12-18(20-4-2)14-13-17-11-10-15-19-16-17/h10-11,15-16,18,20H,3-9,12-14H2,1-2H3. The summed E-state index contributed by atoms with van der Waals surface area (Å²) < 4.78 is 0. The molecule has 2 heteroatoms. The molecule has 0 aliphatic rings. The number of nitrogens with zero attached hydrogens (tertiary/aromatic N) is 1. The summed E-state index contributed by atoms with van der Waals surface area (Å²) in [6, 6.07) is 4.89. The average molecular weight is 276 g/mol. The zero-order valence-corrected chi connectivity index (χ0v) is 13.4. The second-order valence-electron chi connectivity index (χ2n) is 5.71. The normalized spacial score (nSPS) is 12.5. The summed E-state index contributed by atoms with van der Waals surface area (Å²) in [5.74, 6) is 0. The van der Waals surface area contributed by atoms with E-state index in [9.17, 15) is 0 Å². The first-order chi connectivity index (χ1) is 9.86. The van der Waals surface area contributed by atoms with Gasteiger partial charge in [-0.25, -0.2) is 0 Å². The molecule has 1 N–H and O–H groups in total. The van der Waals surface area contributed by atoms with Crippen LogP contribution in [0.15, 0.2) is 24.5 Å². The Morgan fingerprint density at radius 3 is 2.55 bits per heavy atom. The van der Waals surface area contributed by atoms with Crippen molar-refractivity contribution in [3.8, 4) is 0 Å². The smallest absolute Gasteiger partial charge is 0.0299 e. The lowest BCUT2D eigenvalue weighted by Gasteiger charge is -2.17. The molecule has 2 nitrogen and oxygen atoms in total. The van der Waals surface area contributed by atoms with E-state index >= 15 is 0 Å². The molecule has 0 bridgehead atoms. The van der Waals surface area contributed by atoms with E-state index in [0.717, 1.165) is 13.0 Å². The van der Waals surface area contributed by atoms with Gasteiger partial charge in [0.05, 0.1) is 0 Å². The Hall–Kier alpha value is -0.890. The van der Waals surface area contributed by atoms with Crippen molar-refractivity contribution in [2.24, 2.45) is 0 Å². The molecule has 0 spiro atoms. The summed E-state index contributed by atoms with van der Waals surface area (Å²) in [4.78, 5) is 4.19. The van der Waals surface area contributed by atoms with Gasteiger partial charge in [-0.2, -0.15) is 0 Å². The van der Waals surface area contributed by atoms with Gasteiger partial charge in [-0.3, -0.25) is 4.98 Å². The largest absolute Gasteiger partial charge is 0.314 e. The van der Waals surface area contributed by atoms with E-state index in [2.05, 4.69) is 30.2 Å². The van der Waals surface area contributed by atoms with Gasteiger partial charge in [-0.1, -0.05) is 58.4 Å². The Labute approximate surface area is 125 Å². The van der Waals surface area contributed by atoms with Gasteiger partial charge in [-0.15, -0.1) is 0 Å². The first-order valence-electron chi connectivity index (χ1n) is 8.49. The van der Waals surface area contributed by atoms with Crippen LogP contribution in [0.4, 0.5) is 0 Å². The number of rotatable bonds is 12. The average Bonchev–Trinajstić information content (AvgIpc) is 2.49. The van der Waals surface area contributed by atoms with Crippen molar-refractivity contribution < 1.29 is 0 Å². The molecule has 1 heterocycles. The molecular formula is C18H32N2. The van der Waals surface area contributed by atoms with Crippen LogP contribution >= 0.6 is 0 Å². The first kappa shape index (κ1) is 17.2. The van der Waals surface area contributed by atoms with Crippen molar-refractivity contribution in [3.05, 3.63) is 30.1 Å². The van der Waals surface area contributed by atoms with Gasteiger partial charge in [0.2, 0.25) is 0 Å². The van der Waals surface area contributed by atoms with E-state index in [1.807, 2.05) is 18.5 Å². The van der Waals surface area contributed by atoms with Crippen molar-refractivity contribution in [1.82, 2.24) is 10.3 Å². The minimum Gasteiger partial charge on any atom is -0.314 e. The SMILES string of the molecule is CCCCCCCCC(CCc1cccnc1)NCC. The van der Waals surface area contributed by atoms with Crippen LogP contribution in [0.5, 0.6) is 0 Å². The number of pyridine rings is 1. The molecular weight excluding hydrogens is 244 g/mol. The number of aryl methyl sites for hydroxylation is 1. The van der Waals surface area contributed by atoms with Gasteiger partial charge in [-0.05, 0) is 37.4 Å². The maximum absolute atomic E-state index is 4.19. The van der Waals surface area contributed by atoms with Crippen LogP contribution in [0.25, 0.3) is 0 Å². The molecule has 0 fully saturated rings. The van der Waals surface area contributed by atoms with Crippen molar-refractivity contribution >= 4 is 0 Å². The predicted molar refractivity (Wildman–Crippen MR) is 88.0 cm³/mol. The molecule has 0 saturated heterocycles. The molecule has 0 radical (unpaired) electrons. The van der Waals surface area contributed by atoms with Crippen molar-refractivity contribution in [3.63, 3.8) is 0 Å². The molecule has 1 aromatic rings. The molecule has 20 heavy (non-hydrogen) atoms. The number of nitrogens with one attached hydrogen (secondary N) is 1. The summed E-state index contributed by atoms with van der Waals surface area (Å²) in [6.07, 6.45) is 15.9. The number of hydrogen-bond acceptors (Lipinski definition) is 2. The zero-order valence-electron chi connectivity index (χ0n) is 13.4. The van der Waals surface area contributed by atoms with E-state index in [1.165, 1.54) is 56.9 Å². The molecule has 0 saturated carbocycles. The van der Waals surface area contributed by atoms with Crippen LogP contribution in [-0.4, -0.2) is 17.6 Å². The molecule has 0 aliphatic carbocycles. The van der Waals surface area contributed by atoms with E-state index in [4.69, 9.17) is 0 Å². The van der Waals surface area contributed by atoms with Crippen LogP contribution in [0.2, 0.25) is 0 Å². The fourth-order valence-electron chi connectivity index (χ4n) is 2.70. The molecule has 0 amide bonds. The third kappa shape index (κ3) is 8.31. The fraction of sp³-hybridized carbons (Fsp3) is 0.722. The summed E-state index contributed by atoms with van der Waals surface area (Å²) in [5.41, 5.74) is 1.36. The lowest BCUT2D eigenvalue weighted by atomic mass is 10.00. The Balaban J connectivity index is 2.16. The summed E-state index contributed by atoms with van der Waals surface area (Å²) in [5, 5.41) is 3.63. The molecule has 1 unspecified atom stereocenters. The summed E-state index contributed by atoms with van der Waals surface area (Å²) in [6.45, 7) is 5.56. The zero-order chi connectivity index (χ0) is 14.5. The minimum atomic E-state index is 0.673. The van der Waals surface area contributed by atoms with Crippen LogP contribution in [0, 0.1) is 0 Å². The van der Waals surface area contributed by atoms with E-state index in [-0.39, 0.29) is 0 Å². The minimum absolute atomic E-state index is 0.673. The van der Waals surface area contributed by atoms with E-state index in [0.29, 0.717) is 6.04 Å². The Kier molecular flexibility index (Phi) is 10.2. The maximum atomic E-state index is 4.19. The molecule has 1 rings (SSSR count). The highest BCUT2D eigenvalue weighted by molar-refractivity contribution is 5.08. The maximum Gasteiger partial charge on any atom is 0.0299 e. The lowest BCUT2D eigenvalue weighted by molar-refractivity contribution is 0.438. The van der Waals surface area contributed by atoms with Gasteiger partial charge < -0.3 is 5.32 Å². The predicted octanol–water partition coefficient (Wildman–Crippen LogP) is 4.74. The quantitative estimate of drug-likeness (QED) is 0.558. The van der Waals surface area contributed by atoms with Gasteiger partial charge in [0.15, 0.2) is 0 Å². The second-order valence-corrected chi connectivity index (χ2v) is 5.71. The second kappa shape index (κ2) is 11.9. The van der Waals surface area contributed by atoms with E-state index in [1.54, 1.807) is 0 Å². The molecule has 0 aliphatic heterocycles. The first-order valence-corrected chi connectivity index (χ1v) is 8.49. The number of aromatic nitrogens is 1. The molecule has 1 atom stereocenters. The summed E-state index contributed by atoms with van der Waals surface area (Å²) >= 11 is 0. The Morgan fingerprint density at radius 2 is 1.85 bits per heavy atom. The highest BCUT2D eigenvalue weighted by atomic mass is 14.9. The highest BCUT2D eigenvalue weighted by Crippen LogP contribution is 2.12. The molecule has 0 aromatic carbocycles. The van der Waals surface area contributed by atoms with Gasteiger partial charge in [0.25, 0.3) is 0 Å². The van der Waals surface area contributed by atoms with Crippen LogP contribution in [0.3, 0.4) is 0 Å². The Bertz CT molecular complexity index is 310. The van der Waals surface area contributed by atoms with Gasteiger partial charge in [0, 0.05) is 18.4 Å². The van der Waals surface area contributed by atoms with Crippen LogP contribution in [-0.2, 0) is 6.42 Å². The van der Waals surface area contributed by atoms with Gasteiger partial charge in [0.1, 0.15) is 0 Å². The molecule has 114 valence electrons. The van der Waals surface area contributed by atoms with Crippen molar-refractivity contribution in [1.29, 1.82) is 0 Å². The van der Waals surface area contributed by atoms with E-state index < -0.39 is 0 Å². The van der Waals surface area contributed by atoms with Crippen LogP contribution in [0.1, 0.15) is 70.8 Å². The monoisotopic (exact) mass is 276 g/mol. The van der Waals surface area contributed by atoms with Crippen molar-refractivity contribution in [2.45, 2.75) is 77.7 Å². The number of hydrogen-bond donors (Lipinski definition) is 1. The topological polar surface area (TPSA) is 24.9 Å². The third-order valence-corrected chi connectivity index (χ3v) is 3.90. The lowest BCUT2D eigenvalue weighted by Crippen LogP contribution is -2.29.